The number of benzene rings is 2. The minimum Gasteiger partial charge on any atom is -0.399 e. The Hall–Kier alpha value is -2.62. The van der Waals surface area contributed by atoms with Gasteiger partial charge in [-0.25, -0.2) is 4.39 Å². The molecule has 0 atom stereocenters. The topological polar surface area (TPSA) is 55.1 Å². The second-order valence-electron chi connectivity index (χ2n) is 4.64. The number of nitrogen functional groups attached to an aromatic ring is 1. The van der Waals surface area contributed by atoms with Crippen molar-refractivity contribution in [1.29, 1.82) is 0 Å². The Bertz CT molecular complexity index is 653. The van der Waals surface area contributed by atoms with E-state index in [1.54, 1.807) is 36.4 Å². The zero-order chi connectivity index (χ0) is 15.1. The number of halogens is 1. The lowest BCUT2D eigenvalue weighted by Crippen LogP contribution is -2.23. The van der Waals surface area contributed by atoms with Gasteiger partial charge in [-0.05, 0) is 41.8 Å². The first kappa shape index (κ1) is 14.8. The van der Waals surface area contributed by atoms with E-state index in [-0.39, 0.29) is 11.7 Å². The molecule has 0 saturated carbocycles. The van der Waals surface area contributed by atoms with Crippen LogP contribution in [-0.4, -0.2) is 12.5 Å². The summed E-state index contributed by atoms with van der Waals surface area (Å²) in [5, 5.41) is 2.72. The molecule has 3 N–H and O–H groups in total. The molecule has 0 bridgehead atoms. The van der Waals surface area contributed by atoms with E-state index in [2.05, 4.69) is 5.32 Å². The molecule has 0 fully saturated rings. The summed E-state index contributed by atoms with van der Waals surface area (Å²) in [6.45, 7) is 0.390. The molecule has 0 heterocycles. The minimum absolute atomic E-state index is 0.214. The molecule has 2 aromatic rings. The van der Waals surface area contributed by atoms with Crippen molar-refractivity contribution in [3.63, 3.8) is 0 Å². The van der Waals surface area contributed by atoms with E-state index in [1.165, 1.54) is 12.1 Å². The Morgan fingerprint density at radius 2 is 2.00 bits per heavy atom. The predicted octanol–water partition coefficient (Wildman–Crippen LogP) is 2.78. The number of amides is 1. The highest BCUT2D eigenvalue weighted by molar-refractivity contribution is 5.91. The van der Waals surface area contributed by atoms with E-state index < -0.39 is 0 Å². The number of hydrogen-bond donors (Lipinski definition) is 2. The maximum absolute atomic E-state index is 13.4. The molecule has 108 valence electrons. The largest absolute Gasteiger partial charge is 0.399 e. The van der Waals surface area contributed by atoms with Crippen LogP contribution in [0.25, 0.3) is 6.08 Å². The van der Waals surface area contributed by atoms with Gasteiger partial charge in [0.2, 0.25) is 5.91 Å². The third-order valence-corrected chi connectivity index (χ3v) is 2.99. The molecular formula is C17H17FN2O. The van der Waals surface area contributed by atoms with Crippen molar-refractivity contribution < 1.29 is 9.18 Å². The van der Waals surface area contributed by atoms with Crippen LogP contribution in [0.15, 0.2) is 54.6 Å². The Labute approximate surface area is 123 Å². The molecule has 0 saturated heterocycles. The standard InChI is InChI=1S/C17H17FN2O/c18-16-7-2-1-5-14(16)10-11-20-17(21)9-8-13-4-3-6-15(19)12-13/h1-9,12H,10-11,19H2,(H,20,21)/b9-8+. The Morgan fingerprint density at radius 1 is 1.19 bits per heavy atom. The van der Waals surface area contributed by atoms with Gasteiger partial charge < -0.3 is 11.1 Å². The van der Waals surface area contributed by atoms with E-state index in [0.717, 1.165) is 5.56 Å². The molecule has 0 unspecified atom stereocenters. The van der Waals surface area contributed by atoms with E-state index in [0.29, 0.717) is 24.2 Å². The van der Waals surface area contributed by atoms with Gasteiger partial charge in [-0.15, -0.1) is 0 Å². The lowest BCUT2D eigenvalue weighted by atomic mass is 10.1. The van der Waals surface area contributed by atoms with E-state index in [9.17, 15) is 9.18 Å². The molecule has 0 aliphatic rings. The zero-order valence-electron chi connectivity index (χ0n) is 11.6. The number of anilines is 1. The van der Waals surface area contributed by atoms with Crippen LogP contribution in [0.2, 0.25) is 0 Å². The second-order valence-corrected chi connectivity index (χ2v) is 4.64. The number of carbonyl (C=O) groups excluding carboxylic acids is 1. The molecule has 0 aliphatic carbocycles. The first-order valence-corrected chi connectivity index (χ1v) is 6.70. The lowest BCUT2D eigenvalue weighted by molar-refractivity contribution is -0.116. The van der Waals surface area contributed by atoms with Gasteiger partial charge in [-0.3, -0.25) is 4.79 Å². The normalized spacial score (nSPS) is 10.7. The van der Waals surface area contributed by atoms with Crippen molar-refractivity contribution in [2.75, 3.05) is 12.3 Å². The molecule has 0 aromatic heterocycles. The summed E-state index contributed by atoms with van der Waals surface area (Å²) in [5.74, 6) is -0.462. The van der Waals surface area contributed by atoms with Crippen LogP contribution in [0.3, 0.4) is 0 Å². The maximum Gasteiger partial charge on any atom is 0.244 e. The number of carbonyl (C=O) groups is 1. The van der Waals surface area contributed by atoms with E-state index in [1.807, 2.05) is 12.1 Å². The first-order chi connectivity index (χ1) is 10.1. The van der Waals surface area contributed by atoms with Crippen molar-refractivity contribution in [2.24, 2.45) is 0 Å². The highest BCUT2D eigenvalue weighted by atomic mass is 19.1. The van der Waals surface area contributed by atoms with Crippen LogP contribution >= 0.6 is 0 Å². The van der Waals surface area contributed by atoms with Gasteiger partial charge in [0.05, 0.1) is 0 Å². The molecule has 2 rings (SSSR count). The SMILES string of the molecule is Nc1cccc(/C=C/C(=O)NCCc2ccccc2F)c1. The fraction of sp³-hybridized carbons (Fsp3) is 0.118. The van der Waals surface area contributed by atoms with E-state index in [4.69, 9.17) is 5.73 Å². The summed E-state index contributed by atoms with van der Waals surface area (Å²) in [5.41, 5.74) is 7.76. The van der Waals surface area contributed by atoms with Gasteiger partial charge >= 0.3 is 0 Å². The summed E-state index contributed by atoms with van der Waals surface area (Å²) < 4.78 is 13.4. The first-order valence-electron chi connectivity index (χ1n) is 6.70. The average Bonchev–Trinajstić information content (AvgIpc) is 2.47. The average molecular weight is 284 g/mol. The van der Waals surface area contributed by atoms with Crippen molar-refractivity contribution >= 4 is 17.7 Å². The van der Waals surface area contributed by atoms with Crippen LogP contribution in [0, 0.1) is 5.82 Å². The van der Waals surface area contributed by atoms with Gasteiger partial charge in [0.25, 0.3) is 0 Å². The quantitative estimate of drug-likeness (QED) is 0.655. The third-order valence-electron chi connectivity index (χ3n) is 2.99. The van der Waals surface area contributed by atoms with Crippen molar-refractivity contribution in [2.45, 2.75) is 6.42 Å². The zero-order valence-corrected chi connectivity index (χ0v) is 11.6. The fourth-order valence-electron chi connectivity index (χ4n) is 1.92. The Balaban J connectivity index is 1.81. The number of nitrogens with one attached hydrogen (secondary N) is 1. The molecular weight excluding hydrogens is 267 g/mol. The molecule has 3 nitrogen and oxygen atoms in total. The Morgan fingerprint density at radius 3 is 2.76 bits per heavy atom. The molecule has 4 heteroatoms. The van der Waals surface area contributed by atoms with Gasteiger partial charge in [-0.2, -0.15) is 0 Å². The van der Waals surface area contributed by atoms with E-state index >= 15 is 0 Å². The van der Waals surface area contributed by atoms with Gasteiger partial charge in [0.15, 0.2) is 0 Å². The highest BCUT2D eigenvalue weighted by Gasteiger charge is 2.01. The van der Waals surface area contributed by atoms with Gasteiger partial charge in [0.1, 0.15) is 5.82 Å². The smallest absolute Gasteiger partial charge is 0.244 e. The summed E-state index contributed by atoms with van der Waals surface area (Å²) in [6.07, 6.45) is 3.59. The molecule has 0 aliphatic heterocycles. The molecule has 0 spiro atoms. The van der Waals surface area contributed by atoms with Crippen LogP contribution in [0.1, 0.15) is 11.1 Å². The molecule has 21 heavy (non-hydrogen) atoms. The summed E-state index contributed by atoms with van der Waals surface area (Å²) in [6, 6.07) is 13.8. The molecule has 2 aromatic carbocycles. The van der Waals surface area contributed by atoms with Crippen molar-refractivity contribution in [3.05, 3.63) is 71.6 Å². The highest BCUT2D eigenvalue weighted by Crippen LogP contribution is 2.08. The molecule has 0 radical (unpaired) electrons. The maximum atomic E-state index is 13.4. The van der Waals surface area contributed by atoms with Crippen LogP contribution < -0.4 is 11.1 Å². The predicted molar refractivity (Wildman–Crippen MR) is 83.0 cm³/mol. The molecule has 1 amide bonds. The lowest BCUT2D eigenvalue weighted by Gasteiger charge is -2.04. The van der Waals surface area contributed by atoms with Crippen molar-refractivity contribution in [1.82, 2.24) is 5.32 Å². The second kappa shape index (κ2) is 7.24. The van der Waals surface area contributed by atoms with Gasteiger partial charge in [0, 0.05) is 18.3 Å². The summed E-state index contributed by atoms with van der Waals surface area (Å²) in [4.78, 5) is 11.7. The summed E-state index contributed by atoms with van der Waals surface area (Å²) in [7, 11) is 0. The van der Waals surface area contributed by atoms with Crippen LogP contribution in [-0.2, 0) is 11.2 Å². The Kier molecular flexibility index (Phi) is 5.10. The number of rotatable bonds is 5. The van der Waals surface area contributed by atoms with Crippen LogP contribution in [0.4, 0.5) is 10.1 Å². The fourth-order valence-corrected chi connectivity index (χ4v) is 1.92. The number of nitrogens with two attached hydrogens (primary N) is 1. The monoisotopic (exact) mass is 284 g/mol. The summed E-state index contributed by atoms with van der Waals surface area (Å²) >= 11 is 0. The van der Waals surface area contributed by atoms with Gasteiger partial charge in [-0.1, -0.05) is 30.3 Å². The van der Waals surface area contributed by atoms with Crippen molar-refractivity contribution in [3.8, 4) is 0 Å². The minimum atomic E-state index is -0.248. The van der Waals surface area contributed by atoms with Crippen LogP contribution in [0.5, 0.6) is 0 Å². The number of hydrogen-bond acceptors (Lipinski definition) is 2. The third kappa shape index (κ3) is 4.76.